The first kappa shape index (κ1) is 11.6. The molecule has 0 bridgehead atoms. The van der Waals surface area contributed by atoms with Crippen LogP contribution in [0, 0.1) is 6.92 Å². The normalized spacial score (nSPS) is 8.33. The third-order valence-corrected chi connectivity index (χ3v) is 2.95. The molecule has 0 unspecified atom stereocenters. The summed E-state index contributed by atoms with van der Waals surface area (Å²) in [6.07, 6.45) is 0. The average Bonchev–Trinajstić information content (AvgIpc) is 1.94. The maximum absolute atomic E-state index is 9.00. The Labute approximate surface area is 88.6 Å². The third kappa shape index (κ3) is 7.73. The molecular weight excluding hydrogens is 341 g/mol. The van der Waals surface area contributed by atoms with E-state index < -0.39 is 5.97 Å². The molecule has 0 aliphatic rings. The van der Waals surface area contributed by atoms with E-state index in [0.29, 0.717) is 0 Å². The molecule has 0 aromatic heterocycles. The topological polar surface area (TPSA) is 37.3 Å². The van der Waals surface area contributed by atoms with Crippen molar-refractivity contribution in [2.45, 2.75) is 13.8 Å². The monoisotopic (exact) mass is 353 g/mol. The maximum atomic E-state index is 9.00. The van der Waals surface area contributed by atoms with E-state index in [2.05, 4.69) is 31.2 Å². The predicted octanol–water partition coefficient (Wildman–Crippen LogP) is 1.26. The van der Waals surface area contributed by atoms with Crippen LogP contribution >= 0.6 is 0 Å². The summed E-state index contributed by atoms with van der Waals surface area (Å²) in [5, 5.41) is 7.42. The number of carboxylic acids is 1. The molecule has 0 heterocycles. The summed E-state index contributed by atoms with van der Waals surface area (Å²) in [4.78, 5) is 9.00. The van der Waals surface area contributed by atoms with Crippen molar-refractivity contribution in [1.82, 2.24) is 0 Å². The van der Waals surface area contributed by atoms with Crippen molar-refractivity contribution in [1.29, 1.82) is 0 Å². The number of benzene rings is 1. The van der Waals surface area contributed by atoms with Gasteiger partial charge in [0, 0.05) is 6.92 Å². The van der Waals surface area contributed by atoms with E-state index in [-0.39, 0.29) is 0 Å². The Kier molecular flexibility index (Phi) is 5.98. The second-order valence-electron chi connectivity index (χ2n) is 2.50. The van der Waals surface area contributed by atoms with E-state index in [1.165, 1.54) is 8.64 Å². The van der Waals surface area contributed by atoms with E-state index >= 15 is 0 Å². The molecule has 0 atom stereocenters. The fourth-order valence-corrected chi connectivity index (χ4v) is 1.50. The minimum atomic E-state index is -0.833. The Morgan fingerprint density at radius 2 is 1.67 bits per heavy atom. The molecule has 0 saturated carbocycles. The quantitative estimate of drug-likeness (QED) is 0.715. The second-order valence-corrected chi connectivity index (χ2v) is 5.68. The molecular formula is C9H11HgO2. The zero-order valence-corrected chi connectivity index (χ0v) is 12.9. The van der Waals surface area contributed by atoms with Gasteiger partial charge in [0.15, 0.2) is 0 Å². The number of carbonyl (C=O) groups is 1. The summed E-state index contributed by atoms with van der Waals surface area (Å²) in [5.41, 5.74) is 1.36. The van der Waals surface area contributed by atoms with E-state index in [4.69, 9.17) is 9.90 Å². The van der Waals surface area contributed by atoms with Crippen LogP contribution in [0.4, 0.5) is 0 Å². The van der Waals surface area contributed by atoms with Gasteiger partial charge in [-0.1, -0.05) is 0 Å². The van der Waals surface area contributed by atoms with Crippen molar-refractivity contribution >= 4 is 9.04 Å². The number of rotatable bonds is 0. The molecule has 0 saturated heterocycles. The molecule has 1 aromatic rings. The van der Waals surface area contributed by atoms with Gasteiger partial charge in [0.25, 0.3) is 5.97 Å². The van der Waals surface area contributed by atoms with Gasteiger partial charge in [-0.3, -0.25) is 4.79 Å². The molecule has 1 N–H and O–H groups in total. The van der Waals surface area contributed by atoms with Gasteiger partial charge in [0.2, 0.25) is 0 Å². The number of carboxylic acid groups (broad SMARTS) is 1. The molecule has 0 spiro atoms. The first-order valence-corrected chi connectivity index (χ1v) is 6.35. The van der Waals surface area contributed by atoms with Gasteiger partial charge in [0.05, 0.1) is 0 Å². The average molecular weight is 352 g/mol. The van der Waals surface area contributed by atoms with Crippen LogP contribution < -0.4 is 3.07 Å². The van der Waals surface area contributed by atoms with Crippen molar-refractivity contribution in [2.75, 3.05) is 0 Å². The molecule has 0 aliphatic carbocycles. The SMILES string of the molecule is CC(=O)O.Cc1cc[c]([Hg])cc1. The van der Waals surface area contributed by atoms with Gasteiger partial charge < -0.3 is 5.11 Å². The van der Waals surface area contributed by atoms with Gasteiger partial charge in [-0.05, 0) is 0 Å². The predicted molar refractivity (Wildman–Crippen MR) is 44.1 cm³/mol. The zero-order chi connectivity index (χ0) is 9.56. The van der Waals surface area contributed by atoms with Gasteiger partial charge in [0.1, 0.15) is 0 Å². The van der Waals surface area contributed by atoms with Gasteiger partial charge in [-0.2, -0.15) is 0 Å². The Morgan fingerprint density at radius 1 is 1.33 bits per heavy atom. The van der Waals surface area contributed by atoms with Crippen LogP contribution in [0.3, 0.4) is 0 Å². The molecule has 12 heavy (non-hydrogen) atoms. The summed E-state index contributed by atoms with van der Waals surface area (Å²) in [6.45, 7) is 3.20. The number of hydrogen-bond donors (Lipinski definition) is 1. The van der Waals surface area contributed by atoms with Crippen LogP contribution in [0.1, 0.15) is 12.5 Å². The summed E-state index contributed by atoms with van der Waals surface area (Å²) in [7, 11) is 0. The van der Waals surface area contributed by atoms with Crippen molar-refractivity contribution in [3.63, 3.8) is 0 Å². The standard InChI is InChI=1S/C7H7.C2H4O2.Hg/c1-7-5-3-2-4-6-7;1-2(3)4;/h3-6H,1H3;1H3,(H,3,4);. The van der Waals surface area contributed by atoms with Crippen LogP contribution in [0.25, 0.3) is 0 Å². The Bertz CT molecular complexity index is 216. The zero-order valence-electron chi connectivity index (χ0n) is 7.37. The van der Waals surface area contributed by atoms with E-state index in [1.807, 2.05) is 0 Å². The number of hydrogen-bond acceptors (Lipinski definition) is 1. The van der Waals surface area contributed by atoms with Crippen LogP contribution in [-0.2, 0) is 30.9 Å². The minimum absolute atomic E-state index is 0.802. The first-order chi connectivity index (χ1) is 5.52. The number of aryl methyl sites for hydroxylation is 1. The van der Waals surface area contributed by atoms with Crippen LogP contribution in [-0.4, -0.2) is 11.1 Å². The van der Waals surface area contributed by atoms with Crippen molar-refractivity contribution < 1.29 is 36.0 Å². The van der Waals surface area contributed by atoms with Crippen molar-refractivity contribution in [2.24, 2.45) is 0 Å². The second kappa shape index (κ2) is 6.18. The molecule has 61 valence electrons. The van der Waals surface area contributed by atoms with Gasteiger partial charge in [-0.25, -0.2) is 0 Å². The summed E-state index contributed by atoms with van der Waals surface area (Å²) in [6, 6.07) is 8.75. The molecule has 0 aliphatic heterocycles. The molecule has 0 amide bonds. The molecule has 2 nitrogen and oxygen atoms in total. The van der Waals surface area contributed by atoms with E-state index in [1.54, 1.807) is 0 Å². The molecule has 1 rings (SSSR count). The third-order valence-electron chi connectivity index (χ3n) is 1.12. The van der Waals surface area contributed by atoms with E-state index in [0.717, 1.165) is 33.0 Å². The van der Waals surface area contributed by atoms with Crippen LogP contribution in [0.5, 0.6) is 0 Å². The van der Waals surface area contributed by atoms with Crippen molar-refractivity contribution in [3.8, 4) is 0 Å². The van der Waals surface area contributed by atoms with Crippen LogP contribution in [0.15, 0.2) is 24.3 Å². The van der Waals surface area contributed by atoms with Crippen molar-refractivity contribution in [3.05, 3.63) is 29.8 Å². The number of aliphatic carboxylic acids is 1. The molecule has 3 heteroatoms. The fourth-order valence-electron chi connectivity index (χ4n) is 0.588. The summed E-state index contributed by atoms with van der Waals surface area (Å²) < 4.78 is 1.52. The molecule has 0 radical (unpaired) electrons. The Balaban J connectivity index is 0.000000261. The Morgan fingerprint density at radius 3 is 1.92 bits per heavy atom. The van der Waals surface area contributed by atoms with Gasteiger partial charge >= 0.3 is 65.9 Å². The molecule has 1 aromatic carbocycles. The molecule has 0 fully saturated rings. The van der Waals surface area contributed by atoms with Crippen LogP contribution in [0.2, 0.25) is 0 Å². The summed E-state index contributed by atoms with van der Waals surface area (Å²) in [5.74, 6) is -0.833. The first-order valence-electron chi connectivity index (χ1n) is 3.60. The van der Waals surface area contributed by atoms with Gasteiger partial charge in [-0.15, -0.1) is 0 Å². The Hall–Kier alpha value is -0.375. The van der Waals surface area contributed by atoms with E-state index in [9.17, 15) is 0 Å². The summed E-state index contributed by atoms with van der Waals surface area (Å²) >= 11 is 0.802. The fraction of sp³-hybridized carbons (Fsp3) is 0.222.